The van der Waals surface area contributed by atoms with Crippen molar-refractivity contribution in [2.75, 3.05) is 0 Å². The summed E-state index contributed by atoms with van der Waals surface area (Å²) in [5, 5.41) is 21.5. The number of ether oxygens (including phenoxy) is 1. The van der Waals surface area contributed by atoms with Crippen molar-refractivity contribution in [1.29, 1.82) is 0 Å². The fourth-order valence-electron chi connectivity index (χ4n) is 4.71. The second kappa shape index (κ2) is 6.62. The van der Waals surface area contributed by atoms with Gasteiger partial charge in [-0.15, -0.1) is 0 Å². The summed E-state index contributed by atoms with van der Waals surface area (Å²) in [5.41, 5.74) is 1.37. The quantitative estimate of drug-likeness (QED) is 0.491. The lowest BCUT2D eigenvalue weighted by atomic mass is 9.86. The van der Waals surface area contributed by atoms with Crippen molar-refractivity contribution >= 4 is 16.9 Å². The van der Waals surface area contributed by atoms with Crippen molar-refractivity contribution in [1.82, 2.24) is 9.55 Å². The molecule has 0 aliphatic carbocycles. The highest BCUT2D eigenvalue weighted by atomic mass is 19.1. The summed E-state index contributed by atoms with van der Waals surface area (Å²) >= 11 is 0. The second-order valence-electron chi connectivity index (χ2n) is 8.09. The average molecular weight is 424 g/mol. The highest BCUT2D eigenvalue weighted by Crippen LogP contribution is 2.41. The molecule has 4 heterocycles. The first-order valence-electron chi connectivity index (χ1n) is 10.3. The Morgan fingerprint density at radius 3 is 2.71 bits per heavy atom. The number of pyridine rings is 2. The molecule has 0 spiro atoms. The van der Waals surface area contributed by atoms with Crippen molar-refractivity contribution in [2.24, 2.45) is 0 Å². The summed E-state index contributed by atoms with van der Waals surface area (Å²) in [5.74, 6) is -1.99. The van der Waals surface area contributed by atoms with E-state index in [0.29, 0.717) is 28.7 Å². The highest BCUT2D eigenvalue weighted by molar-refractivity contribution is 5.90. The number of cyclic esters (lactones) is 1. The minimum Gasteiger partial charge on any atom is -0.505 e. The zero-order valence-corrected chi connectivity index (χ0v) is 17.2. The van der Waals surface area contributed by atoms with Gasteiger partial charge in [-0.2, -0.15) is 0 Å². The summed E-state index contributed by atoms with van der Waals surface area (Å²) in [6, 6.07) is 4.20. The summed E-state index contributed by atoms with van der Waals surface area (Å²) in [6.07, 6.45) is 1.53. The molecule has 3 aromatic rings. The number of esters is 1. The topological polar surface area (TPSA) is 102 Å². The molecule has 1 atom stereocenters. The van der Waals surface area contributed by atoms with E-state index in [2.05, 4.69) is 4.98 Å². The number of aryl methyl sites for hydroxylation is 1. The lowest BCUT2D eigenvalue weighted by molar-refractivity contribution is -0.172. The Morgan fingerprint density at radius 1 is 1.23 bits per heavy atom. The number of halogens is 1. The molecule has 0 unspecified atom stereocenters. The van der Waals surface area contributed by atoms with Gasteiger partial charge >= 0.3 is 5.97 Å². The number of hydrogen-bond acceptors (Lipinski definition) is 6. The smallest absolute Gasteiger partial charge is 0.343 e. The molecular formula is C23H21FN2O5. The number of phenolic OH excluding ortho intramolecular Hbond substituents is 1. The van der Waals surface area contributed by atoms with Crippen LogP contribution < -0.4 is 5.56 Å². The number of nitrogens with zero attached hydrogens (tertiary/aromatic N) is 2. The van der Waals surface area contributed by atoms with Gasteiger partial charge in [-0.25, -0.2) is 14.2 Å². The molecule has 2 aliphatic heterocycles. The van der Waals surface area contributed by atoms with E-state index in [0.717, 1.165) is 17.5 Å². The van der Waals surface area contributed by atoms with Gasteiger partial charge < -0.3 is 19.5 Å². The number of hydrogen-bond donors (Lipinski definition) is 2. The first-order chi connectivity index (χ1) is 14.8. The Balaban J connectivity index is 1.84. The van der Waals surface area contributed by atoms with E-state index < -0.39 is 23.1 Å². The lowest BCUT2D eigenvalue weighted by Crippen LogP contribution is -2.44. The molecule has 0 radical (unpaired) electrons. The number of fused-ring (bicyclic) bond motifs is 5. The summed E-state index contributed by atoms with van der Waals surface area (Å²) in [7, 11) is 0. The molecule has 0 saturated heterocycles. The van der Waals surface area contributed by atoms with Gasteiger partial charge in [0, 0.05) is 22.6 Å². The predicted molar refractivity (Wildman–Crippen MR) is 110 cm³/mol. The number of benzene rings is 1. The van der Waals surface area contributed by atoms with E-state index >= 15 is 0 Å². The van der Waals surface area contributed by atoms with Crippen molar-refractivity contribution < 1.29 is 24.1 Å². The molecule has 1 aromatic carbocycles. The van der Waals surface area contributed by atoms with Crippen LogP contribution in [0.25, 0.3) is 22.3 Å². The van der Waals surface area contributed by atoms with Gasteiger partial charge in [0.05, 0.1) is 29.0 Å². The standard InChI is InChI=1S/C23H21FN2O5/c1-3-5-11-12-6-19(27)16(24)8-17(12)25-20-13(11)9-26-18(20)7-15-14(21(26)28)10-31-22(29)23(15,30)4-2/h6-8,27,30H,3-5,9-10H2,1-2H3/t23-/m0/s1. The predicted octanol–water partition coefficient (Wildman–Crippen LogP) is 2.88. The minimum absolute atomic E-state index is 0.0608. The Labute approximate surface area is 176 Å². The van der Waals surface area contributed by atoms with Crippen LogP contribution >= 0.6 is 0 Å². The van der Waals surface area contributed by atoms with E-state index in [1.807, 2.05) is 6.92 Å². The second-order valence-corrected chi connectivity index (χ2v) is 8.09. The number of aromatic nitrogens is 2. The van der Waals surface area contributed by atoms with Gasteiger partial charge in [0.15, 0.2) is 17.2 Å². The zero-order chi connectivity index (χ0) is 22.1. The van der Waals surface area contributed by atoms with E-state index in [-0.39, 0.29) is 36.3 Å². The van der Waals surface area contributed by atoms with Crippen molar-refractivity contribution in [3.63, 3.8) is 0 Å². The maximum atomic E-state index is 14.1. The fraction of sp³-hybridized carbons (Fsp3) is 0.348. The van der Waals surface area contributed by atoms with Crippen LogP contribution in [0.2, 0.25) is 0 Å². The molecule has 7 nitrogen and oxygen atoms in total. The average Bonchev–Trinajstić information content (AvgIpc) is 3.11. The summed E-state index contributed by atoms with van der Waals surface area (Å²) in [4.78, 5) is 30.2. The zero-order valence-electron chi connectivity index (χ0n) is 17.2. The van der Waals surface area contributed by atoms with Gasteiger partial charge in [0.25, 0.3) is 5.56 Å². The van der Waals surface area contributed by atoms with Gasteiger partial charge in [0.1, 0.15) is 6.61 Å². The van der Waals surface area contributed by atoms with Crippen molar-refractivity contribution in [2.45, 2.75) is 51.9 Å². The minimum atomic E-state index is -1.90. The summed E-state index contributed by atoms with van der Waals surface area (Å²) in [6.45, 7) is 3.74. The molecule has 0 bridgehead atoms. The van der Waals surface area contributed by atoms with E-state index in [1.165, 1.54) is 12.1 Å². The monoisotopic (exact) mass is 424 g/mol. The SMILES string of the molecule is CCCc1c2c(nc3cc(F)c(O)cc13)-c1cc3c(c(=O)n1C2)COC(=O)[C@]3(O)CC. The molecule has 5 rings (SSSR count). The molecule has 160 valence electrons. The number of carbonyl (C=O) groups is 1. The van der Waals surface area contributed by atoms with Crippen molar-refractivity contribution in [3.05, 3.63) is 56.6 Å². The number of aromatic hydroxyl groups is 1. The molecule has 2 N–H and O–H groups in total. The van der Waals surface area contributed by atoms with Crippen LogP contribution in [0.3, 0.4) is 0 Å². The number of phenols is 1. The van der Waals surface area contributed by atoms with Crippen molar-refractivity contribution in [3.8, 4) is 17.1 Å². The van der Waals surface area contributed by atoms with Gasteiger partial charge in [-0.3, -0.25) is 4.79 Å². The molecule has 0 saturated carbocycles. The van der Waals surface area contributed by atoms with Gasteiger partial charge in [0.2, 0.25) is 0 Å². The largest absolute Gasteiger partial charge is 0.505 e. The third-order valence-electron chi connectivity index (χ3n) is 6.37. The molecule has 2 aromatic heterocycles. The van der Waals surface area contributed by atoms with Crippen LogP contribution in [-0.2, 0) is 34.7 Å². The van der Waals surface area contributed by atoms with Gasteiger partial charge in [-0.05, 0) is 30.5 Å². The van der Waals surface area contributed by atoms with Crippen LogP contribution in [0.1, 0.15) is 48.9 Å². The fourth-order valence-corrected chi connectivity index (χ4v) is 4.71. The van der Waals surface area contributed by atoms with Crippen LogP contribution in [0.15, 0.2) is 23.0 Å². The normalized spacial score (nSPS) is 19.2. The molecule has 8 heteroatoms. The van der Waals surface area contributed by atoms with Crippen LogP contribution in [0.5, 0.6) is 5.75 Å². The van der Waals surface area contributed by atoms with Crippen LogP contribution in [0.4, 0.5) is 4.39 Å². The highest BCUT2D eigenvalue weighted by Gasteiger charge is 2.45. The Hall–Kier alpha value is -3.26. The van der Waals surface area contributed by atoms with E-state index in [4.69, 9.17) is 4.74 Å². The van der Waals surface area contributed by atoms with E-state index in [1.54, 1.807) is 17.6 Å². The maximum Gasteiger partial charge on any atom is 0.343 e. The maximum absolute atomic E-state index is 14.1. The molecule has 0 fully saturated rings. The third kappa shape index (κ3) is 2.57. The van der Waals surface area contributed by atoms with Crippen LogP contribution in [0, 0.1) is 5.82 Å². The molecule has 31 heavy (non-hydrogen) atoms. The molecule has 2 aliphatic rings. The first kappa shape index (κ1) is 19.7. The number of carbonyl (C=O) groups excluding carboxylic acids is 1. The summed E-state index contributed by atoms with van der Waals surface area (Å²) < 4.78 is 20.7. The first-order valence-corrected chi connectivity index (χ1v) is 10.3. The molecule has 0 amide bonds. The third-order valence-corrected chi connectivity index (χ3v) is 6.37. The Kier molecular flexibility index (Phi) is 4.20. The Bertz CT molecular complexity index is 1350. The number of aliphatic hydroxyl groups is 1. The van der Waals surface area contributed by atoms with E-state index in [9.17, 15) is 24.2 Å². The lowest BCUT2D eigenvalue weighted by Gasteiger charge is -2.31. The number of rotatable bonds is 3. The molecular weight excluding hydrogens is 403 g/mol. The van der Waals surface area contributed by atoms with Gasteiger partial charge in [-0.1, -0.05) is 20.3 Å². The van der Waals surface area contributed by atoms with Crippen LogP contribution in [-0.4, -0.2) is 25.7 Å². The Morgan fingerprint density at radius 2 is 2.00 bits per heavy atom.